The van der Waals surface area contributed by atoms with Crippen molar-refractivity contribution in [3.63, 3.8) is 0 Å². The van der Waals surface area contributed by atoms with Crippen molar-refractivity contribution in [2.45, 2.75) is 97.9 Å². The molecule has 0 fully saturated rings. The van der Waals surface area contributed by atoms with Gasteiger partial charge in [-0.25, -0.2) is 0 Å². The molecule has 5 heteroatoms. The number of thiophene rings is 2. The lowest BCUT2D eigenvalue weighted by Gasteiger charge is -1.90. The highest BCUT2D eigenvalue weighted by Crippen LogP contribution is 2.12. The Hall–Kier alpha value is -3.67. The molecular weight excluding hydrogens is 603 g/mol. The van der Waals surface area contributed by atoms with Gasteiger partial charge in [-0.05, 0) is 148 Å². The number of hydrogen-bond donors (Lipinski definition) is 0. The summed E-state index contributed by atoms with van der Waals surface area (Å²) in [4.78, 5) is 8.28. The summed E-state index contributed by atoms with van der Waals surface area (Å²) in [6.07, 6.45) is 3.62. The first-order valence-corrected chi connectivity index (χ1v) is 16.4. The Morgan fingerprint density at radius 3 is 1.17 bits per heavy atom. The van der Waals surface area contributed by atoms with Crippen molar-refractivity contribution in [2.75, 3.05) is 0 Å². The van der Waals surface area contributed by atoms with E-state index in [2.05, 4.69) is 100 Å². The molecule has 5 aromatic heterocycles. The van der Waals surface area contributed by atoms with Crippen LogP contribution in [0.1, 0.15) is 80.3 Å². The van der Waals surface area contributed by atoms with Gasteiger partial charge in [-0.3, -0.25) is 4.98 Å². The highest BCUT2D eigenvalue weighted by molar-refractivity contribution is 7.11. The third-order valence-corrected chi connectivity index (χ3v) is 7.65. The SMILES string of the molecule is C.C.Cc1ccc(C)cc1.Cc1ccc(C)nc1.Cc1ccc(C)o1.Cc1ccc(C)s1.Cc1coc(C)c1.Cc1csc(C)c1. The second kappa shape index (κ2) is 24.5. The average molecular weight is 662 g/mol. The lowest BCUT2D eigenvalue weighted by molar-refractivity contribution is 0.504. The zero-order valence-electron chi connectivity index (χ0n) is 28.7. The summed E-state index contributed by atoms with van der Waals surface area (Å²) in [6.45, 7) is 24.5. The minimum absolute atomic E-state index is 0. The van der Waals surface area contributed by atoms with E-state index in [1.807, 2.05) is 83.3 Å². The van der Waals surface area contributed by atoms with Gasteiger partial charge in [0.25, 0.3) is 0 Å². The fourth-order valence-corrected chi connectivity index (χ4v) is 4.91. The molecule has 0 aliphatic heterocycles. The van der Waals surface area contributed by atoms with Crippen LogP contribution in [-0.2, 0) is 0 Å². The largest absolute Gasteiger partial charge is 0.469 e. The number of pyridine rings is 1. The fraction of sp³-hybridized carbons (Fsp3) is 0.341. The third kappa shape index (κ3) is 22.8. The highest BCUT2D eigenvalue weighted by Gasteiger charge is 1.87. The Kier molecular flexibility index (Phi) is 23.7. The number of furan rings is 2. The van der Waals surface area contributed by atoms with Crippen molar-refractivity contribution in [3.8, 4) is 0 Å². The first kappa shape index (κ1) is 44.5. The summed E-state index contributed by atoms with van der Waals surface area (Å²) in [7, 11) is 0. The Labute approximate surface area is 289 Å². The van der Waals surface area contributed by atoms with E-state index in [0.717, 1.165) is 23.0 Å². The Balaban J connectivity index is 0. The number of aryl methyl sites for hydroxylation is 12. The number of hydrogen-bond acceptors (Lipinski definition) is 5. The maximum absolute atomic E-state index is 5.08. The smallest absolute Gasteiger partial charge is 0.101 e. The van der Waals surface area contributed by atoms with Gasteiger partial charge in [0.05, 0.1) is 6.26 Å². The number of rotatable bonds is 0. The van der Waals surface area contributed by atoms with Gasteiger partial charge in [0.15, 0.2) is 0 Å². The molecule has 6 rings (SSSR count). The Morgan fingerprint density at radius 1 is 0.478 bits per heavy atom. The monoisotopic (exact) mass is 661 g/mol. The number of aromatic nitrogens is 1. The van der Waals surface area contributed by atoms with E-state index in [1.54, 1.807) is 17.6 Å². The van der Waals surface area contributed by atoms with E-state index in [0.29, 0.717) is 0 Å². The minimum atomic E-state index is 0. The molecule has 0 unspecified atom stereocenters. The molecule has 0 aliphatic rings. The molecule has 6 aromatic rings. The zero-order chi connectivity index (χ0) is 33.1. The molecule has 252 valence electrons. The van der Waals surface area contributed by atoms with Crippen molar-refractivity contribution < 1.29 is 8.83 Å². The molecule has 5 heterocycles. The lowest BCUT2D eigenvalue weighted by atomic mass is 10.2. The van der Waals surface area contributed by atoms with E-state index < -0.39 is 0 Å². The summed E-state index contributed by atoms with van der Waals surface area (Å²) in [5.41, 5.74) is 7.53. The maximum Gasteiger partial charge on any atom is 0.101 e. The van der Waals surface area contributed by atoms with Crippen molar-refractivity contribution in [1.82, 2.24) is 4.98 Å². The van der Waals surface area contributed by atoms with Crippen LogP contribution < -0.4 is 0 Å². The van der Waals surface area contributed by atoms with Gasteiger partial charge in [-0.2, -0.15) is 0 Å². The van der Waals surface area contributed by atoms with Crippen LogP contribution in [0.15, 0.2) is 99.5 Å². The minimum Gasteiger partial charge on any atom is -0.469 e. The normalized spacial score (nSPS) is 8.96. The van der Waals surface area contributed by atoms with Crippen LogP contribution in [0.3, 0.4) is 0 Å². The molecule has 3 nitrogen and oxygen atoms in total. The quantitative estimate of drug-likeness (QED) is 0.163. The zero-order valence-corrected chi connectivity index (χ0v) is 30.4. The van der Waals surface area contributed by atoms with Crippen LogP contribution in [-0.4, -0.2) is 4.98 Å². The highest BCUT2D eigenvalue weighted by atomic mass is 32.1. The predicted molar refractivity (Wildman–Crippen MR) is 207 cm³/mol. The molecule has 1 aromatic carbocycles. The van der Waals surface area contributed by atoms with Crippen molar-refractivity contribution in [2.24, 2.45) is 0 Å². The van der Waals surface area contributed by atoms with Crippen LogP contribution in [0.25, 0.3) is 0 Å². The van der Waals surface area contributed by atoms with E-state index in [-0.39, 0.29) is 14.9 Å². The van der Waals surface area contributed by atoms with Crippen LogP contribution >= 0.6 is 22.7 Å². The van der Waals surface area contributed by atoms with Gasteiger partial charge in [0.1, 0.15) is 17.3 Å². The number of benzene rings is 1. The van der Waals surface area contributed by atoms with Gasteiger partial charge in [-0.15, -0.1) is 22.7 Å². The second-order valence-corrected chi connectivity index (χ2v) is 13.5. The van der Waals surface area contributed by atoms with Crippen molar-refractivity contribution in [1.29, 1.82) is 0 Å². The summed E-state index contributed by atoms with van der Waals surface area (Å²) in [6, 6.07) is 24.9. The van der Waals surface area contributed by atoms with E-state index in [4.69, 9.17) is 8.83 Å². The van der Waals surface area contributed by atoms with Gasteiger partial charge in [-0.1, -0.05) is 56.3 Å². The first-order chi connectivity index (χ1) is 20.7. The van der Waals surface area contributed by atoms with E-state index in [1.165, 1.54) is 42.4 Å². The topological polar surface area (TPSA) is 39.2 Å². The summed E-state index contributed by atoms with van der Waals surface area (Å²) < 4.78 is 10.0. The van der Waals surface area contributed by atoms with Gasteiger partial charge >= 0.3 is 0 Å². The van der Waals surface area contributed by atoms with Crippen molar-refractivity contribution >= 4 is 22.7 Å². The van der Waals surface area contributed by atoms with Gasteiger partial charge in [0.2, 0.25) is 0 Å². The average Bonchev–Trinajstić information content (AvgIpc) is 3.75. The van der Waals surface area contributed by atoms with Gasteiger partial charge < -0.3 is 8.83 Å². The fourth-order valence-electron chi connectivity index (χ4n) is 3.44. The summed E-state index contributed by atoms with van der Waals surface area (Å²) in [5, 5.41) is 2.16. The molecule has 0 amide bonds. The molecule has 46 heavy (non-hydrogen) atoms. The third-order valence-electron chi connectivity index (χ3n) is 5.75. The Bertz CT molecular complexity index is 1260. The molecule has 0 bridgehead atoms. The van der Waals surface area contributed by atoms with E-state index in [9.17, 15) is 0 Å². The molecule has 0 spiro atoms. The van der Waals surface area contributed by atoms with Crippen LogP contribution in [0.2, 0.25) is 0 Å². The first-order valence-electron chi connectivity index (χ1n) is 14.8. The lowest BCUT2D eigenvalue weighted by Crippen LogP contribution is -1.78. The molecular formula is C41H59NO2S2. The second-order valence-electron chi connectivity index (χ2n) is 10.9. The molecule has 0 N–H and O–H groups in total. The van der Waals surface area contributed by atoms with Gasteiger partial charge in [0, 0.05) is 26.5 Å². The maximum atomic E-state index is 5.08. The molecule has 0 aliphatic carbocycles. The van der Waals surface area contributed by atoms with Crippen LogP contribution in [0, 0.1) is 83.1 Å². The summed E-state index contributed by atoms with van der Waals surface area (Å²) >= 11 is 3.65. The summed E-state index contributed by atoms with van der Waals surface area (Å²) in [5.74, 6) is 2.95. The predicted octanol–water partition coefficient (Wildman–Crippen LogP) is 13.8. The molecule has 0 saturated carbocycles. The molecule has 0 saturated heterocycles. The van der Waals surface area contributed by atoms with Crippen LogP contribution in [0.4, 0.5) is 0 Å². The number of nitrogens with zero attached hydrogens (tertiary/aromatic N) is 1. The van der Waals surface area contributed by atoms with E-state index >= 15 is 0 Å². The molecule has 0 radical (unpaired) electrons. The van der Waals surface area contributed by atoms with Crippen molar-refractivity contribution in [3.05, 3.63) is 156 Å². The van der Waals surface area contributed by atoms with Crippen LogP contribution in [0.5, 0.6) is 0 Å². The Morgan fingerprint density at radius 2 is 0.978 bits per heavy atom. The molecule has 0 atom stereocenters. The standard InChI is InChI=1S/C8H10.C7H9N.2C6H8O.2C6H8S.2CH4/c1-7-3-5-8(2)6-4-7;1-6-3-4-7(2)8-5-6;1-5-3-6(2)7-4-5;1-5-3-4-6(2)7-5;1-5-3-6(2)7-4-5;1-5-3-4-6(2)7-5;;/h3-6H,1-2H3;3-5H,1-2H3;4*3-4H,1-2H3;2*1H4.